The van der Waals surface area contributed by atoms with E-state index in [0.29, 0.717) is 39.4 Å². The molecule has 34 heavy (non-hydrogen) atoms. The lowest BCUT2D eigenvalue weighted by Crippen LogP contribution is -2.20. The van der Waals surface area contributed by atoms with E-state index in [-0.39, 0.29) is 12.5 Å². The Bertz CT molecular complexity index is 1180. The quantitative estimate of drug-likeness (QED) is 0.300. The van der Waals surface area contributed by atoms with Gasteiger partial charge in [0.25, 0.3) is 11.8 Å². The van der Waals surface area contributed by atoms with Crippen LogP contribution >= 0.6 is 15.9 Å². The zero-order valence-corrected chi connectivity index (χ0v) is 20.2. The monoisotopic (exact) mass is 527 g/mol. The minimum Gasteiger partial charge on any atom is -0.490 e. The van der Waals surface area contributed by atoms with Crippen molar-refractivity contribution in [2.75, 3.05) is 18.5 Å². The number of benzene rings is 3. The van der Waals surface area contributed by atoms with Gasteiger partial charge in [-0.3, -0.25) is 9.59 Å². The van der Waals surface area contributed by atoms with Gasteiger partial charge in [-0.2, -0.15) is 5.10 Å². The maximum absolute atomic E-state index is 13.0. The Kier molecular flexibility index (Phi) is 8.75. The Balaban J connectivity index is 1.65. The zero-order chi connectivity index (χ0) is 24.5. The number of halogens is 2. The normalized spacial score (nSPS) is 10.7. The van der Waals surface area contributed by atoms with Crippen molar-refractivity contribution in [1.29, 1.82) is 0 Å². The number of hydrogen-bond donors (Lipinski definition) is 2. The molecule has 0 saturated heterocycles. The van der Waals surface area contributed by atoms with Crippen molar-refractivity contribution < 1.29 is 23.5 Å². The summed E-state index contributed by atoms with van der Waals surface area (Å²) < 4.78 is 24.9. The molecule has 0 aliphatic rings. The lowest BCUT2D eigenvalue weighted by Gasteiger charge is -2.14. The van der Waals surface area contributed by atoms with Gasteiger partial charge in [-0.15, -0.1) is 0 Å². The number of nitrogens with zero attached hydrogens (tertiary/aromatic N) is 1. The number of hydrogen-bond acceptors (Lipinski definition) is 5. The average Bonchev–Trinajstić information content (AvgIpc) is 2.80. The maximum Gasteiger partial charge on any atom is 0.271 e. The van der Waals surface area contributed by atoms with Gasteiger partial charge in [0, 0.05) is 11.3 Å². The summed E-state index contributed by atoms with van der Waals surface area (Å²) in [7, 11) is 0. The summed E-state index contributed by atoms with van der Waals surface area (Å²) in [6.45, 7) is 3.85. The van der Waals surface area contributed by atoms with Gasteiger partial charge in [0.2, 0.25) is 0 Å². The SMILES string of the molecule is CCOc1cc(/C=N/NC(=O)c2ccc(C)cc2)cc(Br)c1OCC(=O)Nc1ccc(F)cc1. The number of aryl methyl sites for hydroxylation is 1. The number of nitrogens with one attached hydrogen (secondary N) is 2. The maximum atomic E-state index is 13.0. The van der Waals surface area contributed by atoms with Gasteiger partial charge >= 0.3 is 0 Å². The van der Waals surface area contributed by atoms with Crippen molar-refractivity contribution in [3.8, 4) is 11.5 Å². The Morgan fingerprint density at radius 2 is 1.76 bits per heavy atom. The molecule has 0 atom stereocenters. The van der Waals surface area contributed by atoms with Crippen molar-refractivity contribution in [1.82, 2.24) is 5.43 Å². The van der Waals surface area contributed by atoms with E-state index in [4.69, 9.17) is 9.47 Å². The van der Waals surface area contributed by atoms with Gasteiger partial charge in [0.1, 0.15) is 5.82 Å². The van der Waals surface area contributed by atoms with Crippen molar-refractivity contribution in [2.24, 2.45) is 5.10 Å². The van der Waals surface area contributed by atoms with Crippen LogP contribution in [0.4, 0.5) is 10.1 Å². The fraction of sp³-hybridized carbons (Fsp3) is 0.160. The van der Waals surface area contributed by atoms with Gasteiger partial charge in [0.05, 0.1) is 17.3 Å². The van der Waals surface area contributed by atoms with Gasteiger partial charge in [-0.25, -0.2) is 9.82 Å². The van der Waals surface area contributed by atoms with Crippen molar-refractivity contribution in [3.63, 3.8) is 0 Å². The molecule has 0 aliphatic carbocycles. The fourth-order valence-electron chi connectivity index (χ4n) is 2.87. The van der Waals surface area contributed by atoms with Crippen molar-refractivity contribution in [3.05, 3.63) is 87.6 Å². The third kappa shape index (κ3) is 7.14. The van der Waals surface area contributed by atoms with Crippen LogP contribution in [-0.2, 0) is 4.79 Å². The van der Waals surface area contributed by atoms with Crippen molar-refractivity contribution >= 4 is 39.6 Å². The summed E-state index contributed by atoms with van der Waals surface area (Å²) >= 11 is 3.43. The first-order chi connectivity index (χ1) is 16.4. The summed E-state index contributed by atoms with van der Waals surface area (Å²) in [5.74, 6) is -0.384. The Morgan fingerprint density at radius 1 is 1.06 bits per heavy atom. The number of anilines is 1. The van der Waals surface area contributed by atoms with E-state index in [1.165, 1.54) is 30.5 Å². The van der Waals surface area contributed by atoms with Crippen LogP contribution in [0.25, 0.3) is 0 Å². The molecule has 2 N–H and O–H groups in total. The van der Waals surface area contributed by atoms with E-state index in [1.54, 1.807) is 24.3 Å². The molecule has 0 fully saturated rings. The molecule has 3 rings (SSSR count). The second-order valence-electron chi connectivity index (χ2n) is 7.17. The minimum atomic E-state index is -0.412. The molecule has 0 aromatic heterocycles. The molecule has 0 radical (unpaired) electrons. The van der Waals surface area contributed by atoms with Crippen LogP contribution in [0.2, 0.25) is 0 Å². The van der Waals surface area contributed by atoms with Crippen LogP contribution in [-0.4, -0.2) is 31.2 Å². The van der Waals surface area contributed by atoms with Gasteiger partial charge in [-0.1, -0.05) is 17.7 Å². The van der Waals surface area contributed by atoms with E-state index in [2.05, 4.69) is 31.8 Å². The molecular formula is C25H23BrFN3O4. The number of hydrazone groups is 1. The fourth-order valence-corrected chi connectivity index (χ4v) is 3.44. The smallest absolute Gasteiger partial charge is 0.271 e. The Morgan fingerprint density at radius 3 is 2.44 bits per heavy atom. The molecule has 0 aliphatic heterocycles. The third-order valence-electron chi connectivity index (χ3n) is 4.50. The van der Waals surface area contributed by atoms with Gasteiger partial charge in [-0.05, 0) is 83.9 Å². The standard InChI is InChI=1S/C25H23BrFN3O4/c1-3-33-22-13-17(14-28-30-25(32)18-6-4-16(2)5-7-18)12-21(26)24(22)34-15-23(31)29-20-10-8-19(27)9-11-20/h4-14H,3,15H2,1-2H3,(H,29,31)(H,30,32)/b28-14+. The summed E-state index contributed by atoms with van der Waals surface area (Å²) in [6.07, 6.45) is 1.48. The molecule has 176 valence electrons. The van der Waals surface area contributed by atoms with E-state index in [0.717, 1.165) is 5.56 Å². The molecule has 0 saturated carbocycles. The van der Waals surface area contributed by atoms with Crippen LogP contribution in [0, 0.1) is 12.7 Å². The number of carbonyl (C=O) groups excluding carboxylic acids is 2. The Hall–Kier alpha value is -3.72. The highest BCUT2D eigenvalue weighted by molar-refractivity contribution is 9.10. The molecule has 0 bridgehead atoms. The van der Waals surface area contributed by atoms with Crippen LogP contribution in [0.3, 0.4) is 0 Å². The first-order valence-corrected chi connectivity index (χ1v) is 11.2. The van der Waals surface area contributed by atoms with E-state index < -0.39 is 11.7 Å². The molecule has 7 nitrogen and oxygen atoms in total. The molecule has 9 heteroatoms. The second-order valence-corrected chi connectivity index (χ2v) is 8.03. The molecule has 3 aromatic carbocycles. The van der Waals surface area contributed by atoms with Crippen LogP contribution < -0.4 is 20.2 Å². The molecule has 0 spiro atoms. The number of rotatable bonds is 9. The lowest BCUT2D eigenvalue weighted by molar-refractivity contribution is -0.118. The topological polar surface area (TPSA) is 89.0 Å². The largest absolute Gasteiger partial charge is 0.490 e. The summed E-state index contributed by atoms with van der Waals surface area (Å²) in [5.41, 5.74) is 5.14. The third-order valence-corrected chi connectivity index (χ3v) is 5.09. The highest BCUT2D eigenvalue weighted by Crippen LogP contribution is 2.36. The molecule has 2 amide bonds. The van der Waals surface area contributed by atoms with Crippen LogP contribution in [0.1, 0.15) is 28.4 Å². The van der Waals surface area contributed by atoms with Gasteiger partial charge < -0.3 is 14.8 Å². The number of carbonyl (C=O) groups is 2. The van der Waals surface area contributed by atoms with Crippen molar-refractivity contribution in [2.45, 2.75) is 13.8 Å². The Labute approximate surface area is 205 Å². The highest BCUT2D eigenvalue weighted by Gasteiger charge is 2.14. The molecule has 3 aromatic rings. The second kappa shape index (κ2) is 11.9. The highest BCUT2D eigenvalue weighted by atomic mass is 79.9. The lowest BCUT2D eigenvalue weighted by atomic mass is 10.1. The summed E-state index contributed by atoms with van der Waals surface area (Å²) in [4.78, 5) is 24.4. The van der Waals surface area contributed by atoms with E-state index in [9.17, 15) is 14.0 Å². The predicted molar refractivity (Wildman–Crippen MR) is 132 cm³/mol. The summed E-state index contributed by atoms with van der Waals surface area (Å²) in [6, 6.07) is 16.0. The molecule has 0 unspecified atom stereocenters. The predicted octanol–water partition coefficient (Wildman–Crippen LogP) is 5.08. The van der Waals surface area contributed by atoms with E-state index in [1.807, 2.05) is 26.0 Å². The molecular weight excluding hydrogens is 505 g/mol. The first-order valence-electron chi connectivity index (χ1n) is 10.4. The van der Waals surface area contributed by atoms with Gasteiger partial charge in [0.15, 0.2) is 18.1 Å². The van der Waals surface area contributed by atoms with Crippen LogP contribution in [0.15, 0.2) is 70.2 Å². The average molecular weight is 528 g/mol. The molecule has 0 heterocycles. The number of amides is 2. The summed E-state index contributed by atoms with van der Waals surface area (Å²) in [5, 5.41) is 6.64. The first kappa shape index (κ1) is 24.9. The van der Waals surface area contributed by atoms with Crippen LogP contribution in [0.5, 0.6) is 11.5 Å². The zero-order valence-electron chi connectivity index (χ0n) is 18.6. The number of ether oxygens (including phenoxy) is 2. The minimum absolute atomic E-state index is 0.282. The van der Waals surface area contributed by atoms with E-state index >= 15 is 0 Å².